The summed E-state index contributed by atoms with van der Waals surface area (Å²) in [5, 5.41) is 15.3. The van der Waals surface area contributed by atoms with Gasteiger partial charge in [0.05, 0.1) is 46.1 Å². The molecule has 38 heavy (non-hydrogen) atoms. The Labute approximate surface area is 231 Å². The van der Waals surface area contributed by atoms with Crippen LogP contribution in [0.5, 0.6) is 5.75 Å². The summed E-state index contributed by atoms with van der Waals surface area (Å²) in [4.78, 5) is 14.7. The van der Waals surface area contributed by atoms with Gasteiger partial charge in [0.15, 0.2) is 6.10 Å². The van der Waals surface area contributed by atoms with Crippen LogP contribution in [0.4, 0.5) is 0 Å². The van der Waals surface area contributed by atoms with E-state index in [4.69, 9.17) is 22.4 Å². The number of thiophene rings is 2. The normalized spacial score (nSPS) is 22.8. The van der Waals surface area contributed by atoms with Crippen molar-refractivity contribution >= 4 is 38.8 Å². The lowest BCUT2D eigenvalue weighted by atomic mass is 9.83. The van der Waals surface area contributed by atoms with Crippen molar-refractivity contribution in [3.63, 3.8) is 0 Å². The lowest BCUT2D eigenvalue weighted by molar-refractivity contribution is -0.946. The molecule has 0 spiro atoms. The molecule has 3 fully saturated rings. The van der Waals surface area contributed by atoms with E-state index in [0.29, 0.717) is 28.5 Å². The maximum Gasteiger partial charge on any atom is 0.349 e. The second-order valence-electron chi connectivity index (χ2n) is 9.86. The highest BCUT2D eigenvalue weighted by atomic mass is 32.2. The number of carbonyl (C=O) groups excluding carboxylic acids is 1. The van der Waals surface area contributed by atoms with Gasteiger partial charge in [-0.2, -0.15) is 0 Å². The Bertz CT molecular complexity index is 1210. The molecule has 1 aromatic carbocycles. The second-order valence-corrected chi connectivity index (χ2v) is 13.2. The maximum absolute atomic E-state index is 13.4. The summed E-state index contributed by atoms with van der Waals surface area (Å²) in [5.74, 6) is 0.741. The Kier molecular flexibility index (Phi) is 9.27. The minimum absolute atomic E-state index is 0.151. The minimum atomic E-state index is -3.92. The number of quaternary nitrogens is 1. The first-order chi connectivity index (χ1) is 18.1. The van der Waals surface area contributed by atoms with Gasteiger partial charge in [0.2, 0.25) is 5.60 Å². The third-order valence-electron chi connectivity index (χ3n) is 7.14. The number of para-hydroxylation sites is 1. The molecular weight excluding hydrogens is 546 g/mol. The Hall–Kier alpha value is -2.28. The van der Waals surface area contributed by atoms with E-state index < -0.39 is 21.7 Å². The van der Waals surface area contributed by atoms with Crippen LogP contribution in [0.3, 0.4) is 0 Å². The number of rotatable bonds is 9. The van der Waals surface area contributed by atoms with E-state index >= 15 is 0 Å². The number of nitrogens with zero attached hydrogens (tertiary/aromatic N) is 1. The lowest BCUT2D eigenvalue weighted by Crippen LogP contribution is -2.65. The quantitative estimate of drug-likeness (QED) is 0.177. The summed E-state index contributed by atoms with van der Waals surface area (Å²) in [7, 11) is -3.92. The third-order valence-corrected chi connectivity index (χ3v) is 9.10. The first kappa shape index (κ1) is 28.7. The zero-order valence-corrected chi connectivity index (χ0v) is 23.7. The highest BCUT2D eigenvalue weighted by Crippen LogP contribution is 2.40. The molecule has 8 nitrogen and oxygen atoms in total. The molecule has 5 heterocycles. The number of fused-ring (bicyclic) bond motifs is 3. The number of hydrogen-bond acceptors (Lipinski definition) is 9. The van der Waals surface area contributed by atoms with Crippen LogP contribution in [0.2, 0.25) is 0 Å². The Morgan fingerprint density at radius 1 is 1.05 bits per heavy atom. The molecule has 0 aliphatic carbocycles. The van der Waals surface area contributed by atoms with Crippen molar-refractivity contribution in [2.75, 3.05) is 39.0 Å². The van der Waals surface area contributed by atoms with Gasteiger partial charge < -0.3 is 23.6 Å². The Balaban J connectivity index is 0.000000617. The molecule has 1 unspecified atom stereocenters. The van der Waals surface area contributed by atoms with E-state index in [2.05, 4.69) is 0 Å². The molecule has 0 radical (unpaired) electrons. The summed E-state index contributed by atoms with van der Waals surface area (Å²) in [6.45, 7) is 4.79. The van der Waals surface area contributed by atoms with Gasteiger partial charge in [0.25, 0.3) is 0 Å². The third kappa shape index (κ3) is 7.22. The predicted molar refractivity (Wildman–Crippen MR) is 146 cm³/mol. The molecule has 6 rings (SSSR count). The van der Waals surface area contributed by atoms with Gasteiger partial charge in [0.1, 0.15) is 12.3 Å². The number of ether oxygens (including phenoxy) is 2. The summed E-state index contributed by atoms with van der Waals surface area (Å²) in [6, 6.07) is 17.3. The van der Waals surface area contributed by atoms with Gasteiger partial charge in [0, 0.05) is 31.4 Å². The molecule has 1 N–H and O–H groups in total. The number of hydrogen-bond donors (Lipinski definition) is 1. The summed E-state index contributed by atoms with van der Waals surface area (Å²) >= 11 is 2.77. The zero-order valence-electron chi connectivity index (χ0n) is 21.2. The summed E-state index contributed by atoms with van der Waals surface area (Å²) in [5.41, 5.74) is -1.73. The minimum Gasteiger partial charge on any atom is -0.748 e. The molecule has 206 valence electrons. The molecule has 3 aliphatic heterocycles. The van der Waals surface area contributed by atoms with Gasteiger partial charge in [-0.25, -0.2) is 13.2 Å². The topological polar surface area (TPSA) is 113 Å². The van der Waals surface area contributed by atoms with Gasteiger partial charge >= 0.3 is 5.97 Å². The number of piperidine rings is 3. The van der Waals surface area contributed by atoms with Gasteiger partial charge in [-0.05, 0) is 35.0 Å². The standard InChI is InChI=1S/C26H30NO4S2.CH4O3S/c28-25(26(29,23-9-4-17-32-23)24-10-5-18-33-24)31-22-19-27(14-11-20(22)12-15-27)13-6-16-30-21-7-2-1-3-8-21;1-5(2,3)4/h1-5,7-10,17-18,20,22,29H,6,11-16,19H2;1H3,(H,2,3,4)/q+1;/p-1. The van der Waals surface area contributed by atoms with Crippen LogP contribution in [0.1, 0.15) is 29.0 Å². The van der Waals surface area contributed by atoms with Crippen LogP contribution in [-0.2, 0) is 25.3 Å². The van der Waals surface area contributed by atoms with E-state index in [1.165, 1.54) is 22.7 Å². The number of benzene rings is 1. The van der Waals surface area contributed by atoms with Crippen molar-refractivity contribution in [2.24, 2.45) is 5.92 Å². The number of aliphatic hydroxyl groups is 1. The second kappa shape index (κ2) is 12.3. The Morgan fingerprint density at radius 2 is 1.63 bits per heavy atom. The SMILES string of the molecule is CS(=O)(=O)[O-].O=C(OC1C[N+]2(CCCOc3ccccc3)CCC1CC2)C(O)(c1cccs1)c1cccs1. The van der Waals surface area contributed by atoms with Crippen molar-refractivity contribution in [2.45, 2.75) is 31.0 Å². The molecule has 1 atom stereocenters. The van der Waals surface area contributed by atoms with Gasteiger partial charge in [-0.3, -0.25) is 0 Å². The predicted octanol–water partition coefficient (Wildman–Crippen LogP) is 3.83. The van der Waals surface area contributed by atoms with E-state index in [1.807, 2.05) is 65.4 Å². The van der Waals surface area contributed by atoms with Crippen LogP contribution in [0.25, 0.3) is 0 Å². The highest BCUT2D eigenvalue weighted by Gasteiger charge is 2.51. The zero-order chi connectivity index (χ0) is 27.2. The summed E-state index contributed by atoms with van der Waals surface area (Å²) < 4.78 is 40.2. The summed E-state index contributed by atoms with van der Waals surface area (Å²) in [6.07, 6.45) is 3.55. The fraction of sp³-hybridized carbons (Fsp3) is 0.444. The molecule has 11 heteroatoms. The Morgan fingerprint density at radius 3 is 2.16 bits per heavy atom. The van der Waals surface area contributed by atoms with E-state index in [-0.39, 0.29) is 6.10 Å². The number of esters is 1. The maximum atomic E-state index is 13.4. The van der Waals surface area contributed by atoms with Crippen molar-refractivity contribution in [3.05, 3.63) is 75.1 Å². The van der Waals surface area contributed by atoms with Crippen LogP contribution in [-0.4, -0.2) is 73.7 Å². The monoisotopic (exact) mass is 579 g/mol. The first-order valence-corrected chi connectivity index (χ1v) is 16.1. The van der Waals surface area contributed by atoms with Crippen LogP contribution in [0.15, 0.2) is 65.4 Å². The number of carbonyl (C=O) groups is 1. The van der Waals surface area contributed by atoms with Crippen LogP contribution < -0.4 is 4.74 Å². The van der Waals surface area contributed by atoms with E-state index in [1.54, 1.807) is 0 Å². The molecule has 2 aromatic heterocycles. The fourth-order valence-corrected chi connectivity index (χ4v) is 7.00. The van der Waals surface area contributed by atoms with Crippen molar-refractivity contribution in [1.82, 2.24) is 0 Å². The first-order valence-electron chi connectivity index (χ1n) is 12.5. The highest BCUT2D eigenvalue weighted by molar-refractivity contribution is 7.84. The molecule has 2 bridgehead atoms. The average molecular weight is 580 g/mol. The van der Waals surface area contributed by atoms with Crippen LogP contribution >= 0.6 is 22.7 Å². The van der Waals surface area contributed by atoms with E-state index in [0.717, 1.165) is 55.7 Å². The average Bonchev–Trinajstić information content (AvgIpc) is 3.62. The van der Waals surface area contributed by atoms with Crippen LogP contribution in [0, 0.1) is 5.92 Å². The molecule has 3 aliphatic rings. The molecule has 3 aromatic rings. The smallest absolute Gasteiger partial charge is 0.349 e. The molecular formula is C27H33NO7S3. The lowest BCUT2D eigenvalue weighted by Gasteiger charge is -2.52. The molecule has 0 saturated carbocycles. The fourth-order valence-electron chi connectivity index (χ4n) is 5.29. The van der Waals surface area contributed by atoms with Gasteiger partial charge in [-0.1, -0.05) is 30.3 Å². The van der Waals surface area contributed by atoms with Crippen molar-refractivity contribution in [3.8, 4) is 5.75 Å². The van der Waals surface area contributed by atoms with E-state index in [9.17, 15) is 9.90 Å². The van der Waals surface area contributed by atoms with Gasteiger partial charge in [-0.15, -0.1) is 22.7 Å². The van der Waals surface area contributed by atoms with Crippen molar-refractivity contribution in [1.29, 1.82) is 0 Å². The largest absolute Gasteiger partial charge is 0.748 e. The molecule has 3 saturated heterocycles. The molecule has 0 amide bonds. The van der Waals surface area contributed by atoms with Crippen molar-refractivity contribution < 1.29 is 36.8 Å².